The Kier molecular flexibility index (Phi) is 7.00. The van der Waals surface area contributed by atoms with Crippen LogP contribution >= 0.6 is 11.6 Å². The number of nitrogens with one attached hydrogen (secondary N) is 2. The molecule has 3 N–H and O–H groups in total. The highest BCUT2D eigenvalue weighted by atomic mass is 35.5. The summed E-state index contributed by atoms with van der Waals surface area (Å²) >= 11 is 6.29. The van der Waals surface area contributed by atoms with Crippen LogP contribution in [0.2, 0.25) is 5.02 Å². The summed E-state index contributed by atoms with van der Waals surface area (Å²) in [5.74, 6) is 1.56. The van der Waals surface area contributed by atoms with Crippen molar-refractivity contribution in [3.8, 4) is 5.75 Å². The Bertz CT molecular complexity index is 1070. The molecule has 1 saturated heterocycles. The first-order valence-corrected chi connectivity index (χ1v) is 12.7. The minimum atomic E-state index is -0.208. The van der Waals surface area contributed by atoms with Gasteiger partial charge in [0.2, 0.25) is 5.95 Å². The van der Waals surface area contributed by atoms with Gasteiger partial charge in [-0.1, -0.05) is 17.7 Å². The molecule has 0 unspecified atom stereocenters. The van der Waals surface area contributed by atoms with Crippen molar-refractivity contribution >= 4 is 29.3 Å². The van der Waals surface area contributed by atoms with E-state index in [1.54, 1.807) is 13.3 Å². The summed E-state index contributed by atoms with van der Waals surface area (Å²) in [5.41, 5.74) is 1.81. The van der Waals surface area contributed by atoms with Crippen LogP contribution in [0.3, 0.4) is 0 Å². The second-order valence-corrected chi connectivity index (χ2v) is 10.4. The quantitative estimate of drug-likeness (QED) is 0.363. The third-order valence-electron chi connectivity index (χ3n) is 7.53. The molecule has 1 aromatic carbocycles. The van der Waals surface area contributed by atoms with Gasteiger partial charge in [0.05, 0.1) is 18.2 Å². The van der Waals surface area contributed by atoms with Crippen LogP contribution in [0.15, 0.2) is 24.4 Å². The maximum Gasteiger partial charge on any atom is 0.256 e. The van der Waals surface area contributed by atoms with E-state index in [4.69, 9.17) is 26.6 Å². The Morgan fingerprint density at radius 3 is 2.71 bits per heavy atom. The Morgan fingerprint density at radius 2 is 2.06 bits per heavy atom. The van der Waals surface area contributed by atoms with Crippen molar-refractivity contribution in [1.82, 2.24) is 15.3 Å². The number of ether oxygens (including phenoxy) is 1. The Morgan fingerprint density at radius 1 is 1.26 bits per heavy atom. The highest BCUT2D eigenvalue weighted by Gasteiger charge is 2.48. The molecule has 0 radical (unpaired) electrons. The summed E-state index contributed by atoms with van der Waals surface area (Å²) in [6, 6.07) is 5.62. The fraction of sp³-hybridized carbons (Fsp3) is 0.560. The van der Waals surface area contributed by atoms with E-state index in [2.05, 4.69) is 25.4 Å². The number of halogens is 1. The van der Waals surface area contributed by atoms with Crippen molar-refractivity contribution in [3.63, 3.8) is 0 Å². The molecule has 2 aliphatic carbocycles. The lowest BCUT2D eigenvalue weighted by molar-refractivity contribution is -0.284. The van der Waals surface area contributed by atoms with E-state index in [1.165, 1.54) is 19.3 Å². The minimum Gasteiger partial charge on any atom is -0.495 e. The number of hydrogen-bond donors (Lipinski definition) is 3. The Balaban J connectivity index is 1.33. The van der Waals surface area contributed by atoms with E-state index < -0.39 is 0 Å². The summed E-state index contributed by atoms with van der Waals surface area (Å²) in [4.78, 5) is 29.3. The number of methoxy groups -OCH3 is 1. The number of aromatic nitrogens is 2. The van der Waals surface area contributed by atoms with Gasteiger partial charge < -0.3 is 20.3 Å². The maximum absolute atomic E-state index is 13.2. The SMILES string of the molecule is COc1ccc(CNc2nc(N3CCC4(CC4)C3)ncc2C(=O)NC2CCC(OO)CC2)cc1Cl. The average molecular weight is 502 g/mol. The van der Waals surface area contributed by atoms with Crippen LogP contribution in [0.5, 0.6) is 5.75 Å². The van der Waals surface area contributed by atoms with Crippen LogP contribution in [0, 0.1) is 5.41 Å². The molecule has 35 heavy (non-hydrogen) atoms. The van der Waals surface area contributed by atoms with Crippen molar-refractivity contribution in [1.29, 1.82) is 0 Å². The summed E-state index contributed by atoms with van der Waals surface area (Å²) in [6.45, 7) is 2.36. The van der Waals surface area contributed by atoms with Gasteiger partial charge in [-0.05, 0) is 68.1 Å². The van der Waals surface area contributed by atoms with Crippen molar-refractivity contribution in [3.05, 3.63) is 40.5 Å². The van der Waals surface area contributed by atoms with Crippen LogP contribution in [0.25, 0.3) is 0 Å². The lowest BCUT2D eigenvalue weighted by Crippen LogP contribution is -2.39. The molecule has 2 aromatic rings. The van der Waals surface area contributed by atoms with Gasteiger partial charge >= 0.3 is 0 Å². The fourth-order valence-electron chi connectivity index (χ4n) is 5.10. The van der Waals surface area contributed by atoms with Gasteiger partial charge in [0.15, 0.2) is 0 Å². The number of carbonyl (C=O) groups excluding carboxylic acids is 1. The topological polar surface area (TPSA) is 109 Å². The van der Waals surface area contributed by atoms with Gasteiger partial charge in [0.1, 0.15) is 17.1 Å². The number of anilines is 2. The number of amides is 1. The number of rotatable bonds is 8. The van der Waals surface area contributed by atoms with E-state index in [-0.39, 0.29) is 18.1 Å². The Labute approximate surface area is 210 Å². The molecule has 2 heterocycles. The lowest BCUT2D eigenvalue weighted by Gasteiger charge is -2.27. The van der Waals surface area contributed by atoms with Crippen LogP contribution in [-0.4, -0.2) is 53.5 Å². The highest BCUT2D eigenvalue weighted by Crippen LogP contribution is 2.53. The van der Waals surface area contributed by atoms with Gasteiger partial charge in [-0.3, -0.25) is 10.1 Å². The first-order chi connectivity index (χ1) is 17.0. The largest absolute Gasteiger partial charge is 0.495 e. The molecule has 1 aromatic heterocycles. The first-order valence-electron chi connectivity index (χ1n) is 12.3. The molecule has 1 amide bonds. The predicted octanol–water partition coefficient (Wildman–Crippen LogP) is 4.27. The number of hydrogen-bond acceptors (Lipinski definition) is 8. The average Bonchev–Trinajstić information content (AvgIpc) is 3.51. The zero-order chi connectivity index (χ0) is 24.4. The number of nitrogens with zero attached hydrogens (tertiary/aromatic N) is 3. The molecule has 1 aliphatic heterocycles. The van der Waals surface area contributed by atoms with Crippen LogP contribution in [-0.2, 0) is 11.4 Å². The molecule has 2 saturated carbocycles. The van der Waals surface area contributed by atoms with Crippen LogP contribution in [0.4, 0.5) is 11.8 Å². The third kappa shape index (κ3) is 5.47. The van der Waals surface area contributed by atoms with Crippen molar-refractivity contribution in [2.24, 2.45) is 5.41 Å². The number of benzene rings is 1. The molecule has 9 nitrogen and oxygen atoms in total. The predicted molar refractivity (Wildman–Crippen MR) is 133 cm³/mol. The molecule has 3 aliphatic rings. The molecule has 0 atom stereocenters. The van der Waals surface area contributed by atoms with Crippen LogP contribution in [0.1, 0.15) is 60.9 Å². The second kappa shape index (κ2) is 10.2. The van der Waals surface area contributed by atoms with E-state index >= 15 is 0 Å². The van der Waals surface area contributed by atoms with Gasteiger partial charge in [0, 0.05) is 31.9 Å². The second-order valence-electron chi connectivity index (χ2n) is 9.98. The van der Waals surface area contributed by atoms with E-state index in [9.17, 15) is 4.79 Å². The minimum absolute atomic E-state index is 0.0233. The Hall–Kier alpha value is -2.62. The first kappa shape index (κ1) is 24.1. The van der Waals surface area contributed by atoms with Crippen LogP contribution < -0.4 is 20.3 Å². The molecule has 0 bridgehead atoms. The molecule has 1 spiro atoms. The fourth-order valence-corrected chi connectivity index (χ4v) is 5.38. The van der Waals surface area contributed by atoms with Crippen molar-refractivity contribution in [2.75, 3.05) is 30.4 Å². The standard InChI is InChI=1S/C25H32ClN5O4/c1-34-21-7-2-16(12-20(21)26)13-27-22-19(23(32)29-17-3-5-18(35-33)6-4-17)14-28-24(30-22)31-11-10-25(15-31)8-9-25/h2,7,12,14,17-18,33H,3-6,8-11,13,15H2,1H3,(H,29,32)(H,27,28,30). The normalized spacial score (nSPS) is 22.8. The van der Waals surface area contributed by atoms with Gasteiger partial charge in [-0.25, -0.2) is 9.87 Å². The van der Waals surface area contributed by atoms with E-state index in [1.807, 2.05) is 18.2 Å². The summed E-state index contributed by atoms with van der Waals surface area (Å²) in [5, 5.41) is 15.9. The molecular formula is C25H32ClN5O4. The highest BCUT2D eigenvalue weighted by molar-refractivity contribution is 6.32. The van der Waals surface area contributed by atoms with E-state index in [0.29, 0.717) is 52.9 Å². The molecule has 5 rings (SSSR count). The number of carbonyl (C=O) groups is 1. The van der Waals surface area contributed by atoms with Gasteiger partial charge in [0.25, 0.3) is 5.91 Å². The maximum atomic E-state index is 13.2. The van der Waals surface area contributed by atoms with E-state index in [0.717, 1.165) is 31.5 Å². The summed E-state index contributed by atoms with van der Waals surface area (Å²) < 4.78 is 5.24. The summed E-state index contributed by atoms with van der Waals surface area (Å²) in [6.07, 6.45) is 8.10. The lowest BCUT2D eigenvalue weighted by atomic mass is 9.93. The smallest absolute Gasteiger partial charge is 0.256 e. The molecule has 188 valence electrons. The third-order valence-corrected chi connectivity index (χ3v) is 7.83. The van der Waals surface area contributed by atoms with Gasteiger partial charge in [-0.2, -0.15) is 4.98 Å². The monoisotopic (exact) mass is 501 g/mol. The molecule has 10 heteroatoms. The van der Waals surface area contributed by atoms with Crippen molar-refractivity contribution < 1.29 is 19.7 Å². The molecule has 3 fully saturated rings. The van der Waals surface area contributed by atoms with Gasteiger partial charge in [-0.15, -0.1) is 0 Å². The zero-order valence-electron chi connectivity index (χ0n) is 19.9. The summed E-state index contributed by atoms with van der Waals surface area (Å²) in [7, 11) is 1.58. The van der Waals surface area contributed by atoms with Crippen molar-refractivity contribution in [2.45, 2.75) is 63.6 Å². The molecular weight excluding hydrogens is 470 g/mol. The zero-order valence-corrected chi connectivity index (χ0v) is 20.7.